The van der Waals surface area contributed by atoms with E-state index in [1.54, 1.807) is 36.4 Å². The van der Waals surface area contributed by atoms with Crippen LogP contribution in [0.2, 0.25) is 0 Å². The maximum absolute atomic E-state index is 13.2. The molecular weight excluding hydrogens is 440 g/mol. The molecule has 3 aromatic rings. The molecule has 0 saturated carbocycles. The van der Waals surface area contributed by atoms with Crippen LogP contribution >= 0.6 is 0 Å². The van der Waals surface area contributed by atoms with Crippen LogP contribution in [0.5, 0.6) is 5.75 Å². The van der Waals surface area contributed by atoms with Crippen LogP contribution in [0.25, 0.3) is 0 Å². The number of ether oxygens (including phenoxy) is 2. The van der Waals surface area contributed by atoms with Crippen molar-refractivity contribution in [1.29, 1.82) is 0 Å². The van der Waals surface area contributed by atoms with Gasteiger partial charge in [0.25, 0.3) is 15.9 Å². The highest BCUT2D eigenvalue weighted by atomic mass is 32.2. The first-order chi connectivity index (χ1) is 16.0. The minimum Gasteiger partial charge on any atom is -0.490 e. The van der Waals surface area contributed by atoms with Gasteiger partial charge in [0.1, 0.15) is 12.4 Å². The van der Waals surface area contributed by atoms with Crippen molar-refractivity contribution in [1.82, 2.24) is 0 Å². The van der Waals surface area contributed by atoms with E-state index in [9.17, 15) is 13.2 Å². The predicted octanol–water partition coefficient (Wildman–Crippen LogP) is 4.11. The van der Waals surface area contributed by atoms with E-state index in [0.717, 1.165) is 11.3 Å². The van der Waals surface area contributed by atoms with Gasteiger partial charge in [-0.2, -0.15) is 0 Å². The fourth-order valence-corrected chi connectivity index (χ4v) is 5.23. The standard InChI is InChI=1S/C25H26N2O5S/c1-2-31-17-18-32-24-10-6-4-8-22(24)25(28)26-20-11-13-21(14-12-20)33(29,30)27-16-15-19-7-3-5-9-23(19)27/h3-14H,2,15-18H2,1H3,(H,26,28). The fraction of sp³-hybridized carbons (Fsp3) is 0.240. The number of nitrogens with one attached hydrogen (secondary N) is 1. The lowest BCUT2D eigenvalue weighted by molar-refractivity contribution is 0.0998. The number of fused-ring (bicyclic) bond motifs is 1. The van der Waals surface area contributed by atoms with Crippen LogP contribution in [-0.4, -0.2) is 40.7 Å². The molecule has 1 amide bonds. The molecule has 8 heteroatoms. The summed E-state index contributed by atoms with van der Waals surface area (Å²) in [6.45, 7) is 3.69. The normalized spacial score (nSPS) is 12.9. The Balaban J connectivity index is 1.46. The van der Waals surface area contributed by atoms with E-state index in [2.05, 4.69) is 5.32 Å². The van der Waals surface area contributed by atoms with Gasteiger partial charge < -0.3 is 14.8 Å². The zero-order chi connectivity index (χ0) is 23.3. The van der Waals surface area contributed by atoms with Crippen LogP contribution in [0.1, 0.15) is 22.8 Å². The summed E-state index contributed by atoms with van der Waals surface area (Å²) in [5.41, 5.74) is 2.62. The summed E-state index contributed by atoms with van der Waals surface area (Å²) in [6.07, 6.45) is 0.690. The van der Waals surface area contributed by atoms with Crippen LogP contribution in [0.3, 0.4) is 0 Å². The highest BCUT2D eigenvalue weighted by Crippen LogP contribution is 2.33. The number of sulfonamides is 1. The smallest absolute Gasteiger partial charge is 0.264 e. The minimum atomic E-state index is -3.68. The second-order valence-corrected chi connectivity index (χ2v) is 9.34. The molecule has 1 aliphatic heterocycles. The Morgan fingerprint density at radius 1 is 0.970 bits per heavy atom. The second kappa shape index (κ2) is 10.1. The summed E-state index contributed by atoms with van der Waals surface area (Å²) >= 11 is 0. The Morgan fingerprint density at radius 3 is 2.48 bits per heavy atom. The maximum atomic E-state index is 13.2. The lowest BCUT2D eigenvalue weighted by Gasteiger charge is -2.19. The first kappa shape index (κ1) is 22.8. The molecule has 172 valence electrons. The van der Waals surface area contributed by atoms with E-state index in [0.29, 0.717) is 49.8 Å². The van der Waals surface area contributed by atoms with Crippen LogP contribution in [-0.2, 0) is 21.2 Å². The van der Waals surface area contributed by atoms with Crippen molar-refractivity contribution in [2.24, 2.45) is 0 Å². The monoisotopic (exact) mass is 466 g/mol. The predicted molar refractivity (Wildman–Crippen MR) is 128 cm³/mol. The maximum Gasteiger partial charge on any atom is 0.264 e. The molecule has 0 bridgehead atoms. The Morgan fingerprint density at radius 2 is 1.70 bits per heavy atom. The van der Waals surface area contributed by atoms with E-state index in [1.807, 2.05) is 31.2 Å². The molecule has 0 aromatic heterocycles. The lowest BCUT2D eigenvalue weighted by Crippen LogP contribution is -2.29. The molecule has 0 fully saturated rings. The van der Waals surface area contributed by atoms with Gasteiger partial charge in [-0.15, -0.1) is 0 Å². The Bertz CT molecular complexity index is 1230. The van der Waals surface area contributed by atoms with Gasteiger partial charge in [-0.25, -0.2) is 8.42 Å². The summed E-state index contributed by atoms with van der Waals surface area (Å²) < 4.78 is 38.7. The highest BCUT2D eigenvalue weighted by Gasteiger charge is 2.30. The zero-order valence-electron chi connectivity index (χ0n) is 18.4. The molecule has 4 rings (SSSR count). The SMILES string of the molecule is CCOCCOc1ccccc1C(=O)Nc1ccc(S(=O)(=O)N2CCc3ccccc32)cc1. The van der Waals surface area contributed by atoms with Gasteiger partial charge in [0.05, 0.1) is 22.8 Å². The van der Waals surface area contributed by atoms with Crippen LogP contribution in [0.15, 0.2) is 77.7 Å². The second-order valence-electron chi connectivity index (χ2n) is 7.48. The van der Waals surface area contributed by atoms with Crippen LogP contribution < -0.4 is 14.4 Å². The van der Waals surface area contributed by atoms with Gasteiger partial charge in [0.2, 0.25) is 0 Å². The van der Waals surface area contributed by atoms with Crippen LogP contribution in [0, 0.1) is 0 Å². The third-order valence-corrected chi connectivity index (χ3v) is 7.19. The van der Waals surface area contributed by atoms with E-state index >= 15 is 0 Å². The number of amides is 1. The van der Waals surface area contributed by atoms with Gasteiger partial charge in [-0.3, -0.25) is 9.10 Å². The van der Waals surface area contributed by atoms with E-state index < -0.39 is 10.0 Å². The average Bonchev–Trinajstić information content (AvgIpc) is 3.28. The van der Waals surface area contributed by atoms with Gasteiger partial charge in [-0.05, 0) is 61.4 Å². The number of hydrogen-bond donors (Lipinski definition) is 1. The molecule has 0 radical (unpaired) electrons. The van der Waals surface area contributed by atoms with Gasteiger partial charge in [0, 0.05) is 18.8 Å². The van der Waals surface area contributed by atoms with Crippen molar-refractivity contribution >= 4 is 27.3 Å². The van der Waals surface area contributed by atoms with E-state index in [4.69, 9.17) is 9.47 Å². The summed E-state index contributed by atoms with van der Waals surface area (Å²) in [4.78, 5) is 13.0. The van der Waals surface area contributed by atoms with Crippen LogP contribution in [0.4, 0.5) is 11.4 Å². The summed E-state index contributed by atoms with van der Waals surface area (Å²) in [7, 11) is -3.68. The number of nitrogens with zero attached hydrogens (tertiary/aromatic N) is 1. The molecule has 1 N–H and O–H groups in total. The van der Waals surface area contributed by atoms with Gasteiger partial charge in [0.15, 0.2) is 0 Å². The molecule has 0 spiro atoms. The Hall–Kier alpha value is -3.36. The molecule has 0 aliphatic carbocycles. The molecule has 0 saturated heterocycles. The molecule has 1 aliphatic rings. The number of carbonyl (C=O) groups is 1. The quantitative estimate of drug-likeness (QED) is 0.480. The van der Waals surface area contributed by atoms with E-state index in [1.165, 1.54) is 16.4 Å². The average molecular weight is 467 g/mol. The fourth-order valence-electron chi connectivity index (χ4n) is 3.73. The highest BCUT2D eigenvalue weighted by molar-refractivity contribution is 7.92. The number of benzene rings is 3. The number of rotatable bonds is 9. The molecule has 1 heterocycles. The first-order valence-electron chi connectivity index (χ1n) is 10.8. The van der Waals surface area contributed by atoms with Crippen molar-refractivity contribution < 1.29 is 22.7 Å². The summed E-state index contributed by atoms with van der Waals surface area (Å²) in [5, 5.41) is 2.81. The van der Waals surface area contributed by atoms with Gasteiger partial charge in [-0.1, -0.05) is 30.3 Å². The van der Waals surface area contributed by atoms with Gasteiger partial charge >= 0.3 is 0 Å². The minimum absolute atomic E-state index is 0.178. The van der Waals surface area contributed by atoms with Crippen molar-refractivity contribution in [3.05, 3.63) is 83.9 Å². The molecule has 3 aromatic carbocycles. The molecule has 0 atom stereocenters. The molecule has 0 unspecified atom stereocenters. The number of hydrogen-bond acceptors (Lipinski definition) is 5. The number of carbonyl (C=O) groups excluding carboxylic acids is 1. The van der Waals surface area contributed by atoms with Crippen molar-refractivity contribution in [3.63, 3.8) is 0 Å². The zero-order valence-corrected chi connectivity index (χ0v) is 19.2. The number of anilines is 2. The first-order valence-corrected chi connectivity index (χ1v) is 12.3. The van der Waals surface area contributed by atoms with Crippen molar-refractivity contribution in [2.45, 2.75) is 18.2 Å². The topological polar surface area (TPSA) is 84.9 Å². The number of para-hydroxylation sites is 2. The largest absolute Gasteiger partial charge is 0.490 e. The Kier molecular flexibility index (Phi) is 6.96. The van der Waals surface area contributed by atoms with Crippen molar-refractivity contribution in [2.75, 3.05) is 36.0 Å². The molecule has 7 nitrogen and oxygen atoms in total. The summed E-state index contributed by atoms with van der Waals surface area (Å²) in [6, 6.07) is 20.7. The molecular formula is C25H26N2O5S. The van der Waals surface area contributed by atoms with E-state index in [-0.39, 0.29) is 10.8 Å². The summed E-state index contributed by atoms with van der Waals surface area (Å²) in [5.74, 6) is 0.118. The lowest BCUT2D eigenvalue weighted by atomic mass is 10.2. The molecule has 33 heavy (non-hydrogen) atoms. The Labute approximate surface area is 194 Å². The third kappa shape index (κ3) is 5.02. The van der Waals surface area contributed by atoms with Crippen molar-refractivity contribution in [3.8, 4) is 5.75 Å². The third-order valence-electron chi connectivity index (χ3n) is 5.37.